The summed E-state index contributed by atoms with van der Waals surface area (Å²) in [5.74, 6) is 0. The van der Waals surface area contributed by atoms with Crippen LogP contribution < -0.4 is 5.32 Å². The zero-order chi connectivity index (χ0) is 13.7. The Bertz CT molecular complexity index is 336. The number of nitrogens with zero attached hydrogens (tertiary/aromatic N) is 1. The van der Waals surface area contributed by atoms with Crippen LogP contribution in [0.3, 0.4) is 0 Å². The van der Waals surface area contributed by atoms with Crippen LogP contribution in [0, 0.1) is 5.41 Å². The molecule has 6 heteroatoms. The van der Waals surface area contributed by atoms with E-state index >= 15 is 0 Å². The second kappa shape index (κ2) is 4.58. The van der Waals surface area contributed by atoms with Crippen LogP contribution in [-0.2, 0) is 0 Å². The molecule has 19 heavy (non-hydrogen) atoms. The van der Waals surface area contributed by atoms with Crippen molar-refractivity contribution >= 4 is 0 Å². The maximum Gasteiger partial charge on any atom is 0.395 e. The summed E-state index contributed by atoms with van der Waals surface area (Å²) in [5.41, 5.74) is -1.54. The van der Waals surface area contributed by atoms with Crippen molar-refractivity contribution in [3.05, 3.63) is 0 Å². The number of piperidine rings is 1. The molecule has 0 amide bonds. The van der Waals surface area contributed by atoms with E-state index in [-0.39, 0.29) is 32.0 Å². The SMILES string of the molecule is F[C@H]1CN(CC2(C(F)(F)F)CC2)CC[C@H]1NC1CC1. The van der Waals surface area contributed by atoms with Crippen molar-refractivity contribution in [1.29, 1.82) is 0 Å². The Labute approximate surface area is 110 Å². The Kier molecular flexibility index (Phi) is 3.29. The number of alkyl halides is 4. The van der Waals surface area contributed by atoms with Crippen LogP contribution in [0.2, 0.25) is 0 Å². The highest BCUT2D eigenvalue weighted by atomic mass is 19.4. The molecule has 1 saturated heterocycles. The number of hydrogen-bond donors (Lipinski definition) is 1. The first-order valence-corrected chi connectivity index (χ1v) is 7.09. The number of rotatable bonds is 4. The van der Waals surface area contributed by atoms with Gasteiger partial charge in [-0.1, -0.05) is 0 Å². The fourth-order valence-corrected chi connectivity index (χ4v) is 2.96. The summed E-state index contributed by atoms with van der Waals surface area (Å²) >= 11 is 0. The smallest absolute Gasteiger partial charge is 0.308 e. The van der Waals surface area contributed by atoms with E-state index in [0.29, 0.717) is 19.0 Å². The average Bonchev–Trinajstić information content (AvgIpc) is 3.16. The third kappa shape index (κ3) is 2.89. The molecule has 3 fully saturated rings. The van der Waals surface area contributed by atoms with Gasteiger partial charge in [-0.25, -0.2) is 4.39 Å². The quantitative estimate of drug-likeness (QED) is 0.796. The zero-order valence-corrected chi connectivity index (χ0v) is 10.8. The van der Waals surface area contributed by atoms with Crippen molar-refractivity contribution in [2.75, 3.05) is 19.6 Å². The molecule has 0 aromatic heterocycles. The van der Waals surface area contributed by atoms with E-state index < -0.39 is 17.8 Å². The molecule has 0 spiro atoms. The number of hydrogen-bond acceptors (Lipinski definition) is 2. The molecule has 0 aromatic rings. The number of halogens is 4. The lowest BCUT2D eigenvalue weighted by molar-refractivity contribution is -0.193. The largest absolute Gasteiger partial charge is 0.395 e. The van der Waals surface area contributed by atoms with E-state index in [9.17, 15) is 17.6 Å². The van der Waals surface area contributed by atoms with E-state index in [0.717, 1.165) is 12.8 Å². The van der Waals surface area contributed by atoms with Gasteiger partial charge in [-0.15, -0.1) is 0 Å². The molecule has 0 aromatic carbocycles. The van der Waals surface area contributed by atoms with E-state index in [1.54, 1.807) is 4.90 Å². The Morgan fingerprint density at radius 3 is 2.32 bits per heavy atom. The lowest BCUT2D eigenvalue weighted by Crippen LogP contribution is -2.53. The van der Waals surface area contributed by atoms with Crippen molar-refractivity contribution in [2.45, 2.75) is 56.5 Å². The predicted octanol–water partition coefficient (Wildman–Crippen LogP) is 2.49. The Morgan fingerprint density at radius 2 is 1.84 bits per heavy atom. The van der Waals surface area contributed by atoms with Gasteiger partial charge in [0.05, 0.1) is 5.41 Å². The van der Waals surface area contributed by atoms with Gasteiger partial charge in [-0.2, -0.15) is 13.2 Å². The summed E-state index contributed by atoms with van der Waals surface area (Å²) in [4.78, 5) is 1.66. The summed E-state index contributed by atoms with van der Waals surface area (Å²) in [6.07, 6.45) is -1.96. The summed E-state index contributed by atoms with van der Waals surface area (Å²) < 4.78 is 52.6. The highest BCUT2D eigenvalue weighted by Gasteiger charge is 2.63. The van der Waals surface area contributed by atoms with Crippen LogP contribution in [-0.4, -0.2) is 49.0 Å². The zero-order valence-electron chi connectivity index (χ0n) is 10.8. The molecule has 3 aliphatic rings. The maximum absolute atomic E-state index is 14.0. The average molecular weight is 280 g/mol. The highest BCUT2D eigenvalue weighted by Crippen LogP contribution is 2.58. The third-order valence-electron chi connectivity index (χ3n) is 4.63. The van der Waals surface area contributed by atoms with Gasteiger partial charge in [0.2, 0.25) is 0 Å². The number of likely N-dealkylation sites (tertiary alicyclic amines) is 1. The minimum atomic E-state index is -4.14. The van der Waals surface area contributed by atoms with Crippen LogP contribution in [0.25, 0.3) is 0 Å². The van der Waals surface area contributed by atoms with Crippen molar-refractivity contribution in [2.24, 2.45) is 5.41 Å². The molecule has 2 saturated carbocycles. The van der Waals surface area contributed by atoms with Gasteiger partial charge in [0.1, 0.15) is 6.17 Å². The van der Waals surface area contributed by atoms with Gasteiger partial charge in [-0.3, -0.25) is 4.90 Å². The van der Waals surface area contributed by atoms with Gasteiger partial charge >= 0.3 is 6.18 Å². The van der Waals surface area contributed by atoms with Crippen molar-refractivity contribution < 1.29 is 17.6 Å². The molecular weight excluding hydrogens is 260 g/mol. The lowest BCUT2D eigenvalue weighted by atomic mass is 9.99. The molecule has 3 rings (SSSR count). The van der Waals surface area contributed by atoms with Gasteiger partial charge in [0.25, 0.3) is 0 Å². The standard InChI is InChI=1S/C13H20F4N2/c14-10-7-19(6-3-11(10)18-9-1-2-9)8-12(4-5-12)13(15,16)17/h9-11,18H,1-8H2/t10-,11+/m0/s1. The van der Waals surface area contributed by atoms with Crippen molar-refractivity contribution in [1.82, 2.24) is 10.2 Å². The molecule has 2 aliphatic carbocycles. The summed E-state index contributed by atoms with van der Waals surface area (Å²) in [6, 6.07) is 0.282. The Balaban J connectivity index is 1.51. The van der Waals surface area contributed by atoms with E-state index in [1.165, 1.54) is 0 Å². The van der Waals surface area contributed by atoms with Crippen molar-refractivity contribution in [3.63, 3.8) is 0 Å². The monoisotopic (exact) mass is 280 g/mol. The van der Waals surface area contributed by atoms with Crippen LogP contribution in [0.4, 0.5) is 17.6 Å². The third-order valence-corrected chi connectivity index (χ3v) is 4.63. The molecule has 1 heterocycles. The van der Waals surface area contributed by atoms with E-state index in [2.05, 4.69) is 5.32 Å². The van der Waals surface area contributed by atoms with Crippen LogP contribution >= 0.6 is 0 Å². The van der Waals surface area contributed by atoms with Crippen molar-refractivity contribution in [3.8, 4) is 0 Å². The normalized spacial score (nSPS) is 35.4. The molecule has 1 N–H and O–H groups in total. The molecular formula is C13H20F4N2. The first-order valence-electron chi connectivity index (χ1n) is 7.09. The van der Waals surface area contributed by atoms with Gasteiger partial charge in [0, 0.05) is 25.2 Å². The van der Waals surface area contributed by atoms with Gasteiger partial charge in [-0.05, 0) is 38.6 Å². The van der Waals surface area contributed by atoms with Gasteiger partial charge in [0.15, 0.2) is 0 Å². The topological polar surface area (TPSA) is 15.3 Å². The molecule has 110 valence electrons. The molecule has 0 unspecified atom stereocenters. The Hall–Kier alpha value is -0.360. The Morgan fingerprint density at radius 1 is 1.16 bits per heavy atom. The molecule has 2 nitrogen and oxygen atoms in total. The molecule has 0 bridgehead atoms. The first kappa shape index (κ1) is 13.6. The summed E-state index contributed by atoms with van der Waals surface area (Å²) in [5, 5.41) is 3.25. The highest BCUT2D eigenvalue weighted by molar-refractivity contribution is 5.02. The van der Waals surface area contributed by atoms with Gasteiger partial charge < -0.3 is 5.32 Å². The maximum atomic E-state index is 14.0. The van der Waals surface area contributed by atoms with Crippen LogP contribution in [0.5, 0.6) is 0 Å². The fraction of sp³-hybridized carbons (Fsp3) is 1.00. The fourth-order valence-electron chi connectivity index (χ4n) is 2.96. The minimum absolute atomic E-state index is 0.0208. The van der Waals surface area contributed by atoms with Crippen LogP contribution in [0.1, 0.15) is 32.1 Å². The van der Waals surface area contributed by atoms with E-state index in [4.69, 9.17) is 0 Å². The predicted molar refractivity (Wildman–Crippen MR) is 63.6 cm³/mol. The summed E-state index contributed by atoms with van der Waals surface area (Å²) in [6.45, 7) is 0.692. The van der Waals surface area contributed by atoms with Crippen LogP contribution in [0.15, 0.2) is 0 Å². The second-order valence-corrected chi connectivity index (χ2v) is 6.37. The second-order valence-electron chi connectivity index (χ2n) is 6.37. The minimum Gasteiger partial charge on any atom is -0.308 e. The first-order chi connectivity index (χ1) is 8.90. The molecule has 2 atom stereocenters. The molecule has 0 radical (unpaired) electrons. The molecule has 1 aliphatic heterocycles. The number of nitrogens with one attached hydrogen (secondary N) is 1. The lowest BCUT2D eigenvalue weighted by Gasteiger charge is -2.37. The van der Waals surface area contributed by atoms with E-state index in [1.807, 2.05) is 0 Å². The summed E-state index contributed by atoms with van der Waals surface area (Å²) in [7, 11) is 0.